The molecule has 0 aliphatic rings. The van der Waals surface area contributed by atoms with Crippen LogP contribution in [0.1, 0.15) is 43.9 Å². The number of nitrogens with one attached hydrogen (secondary N) is 1. The normalized spacial score (nSPS) is 12.6. The number of hydrogen-bond acceptors (Lipinski definition) is 3. The lowest BCUT2D eigenvalue weighted by molar-refractivity contribution is 0.564. The summed E-state index contributed by atoms with van der Waals surface area (Å²) in [5.74, 6) is 5.90. The Balaban J connectivity index is 2.79. The molecular weight excluding hydrogens is 272 g/mol. The molecular formula is C15H22N2O2S. The van der Waals surface area contributed by atoms with Gasteiger partial charge >= 0.3 is 0 Å². The van der Waals surface area contributed by atoms with Crippen LogP contribution in [0.2, 0.25) is 0 Å². The molecule has 3 N–H and O–H groups in total. The summed E-state index contributed by atoms with van der Waals surface area (Å²) in [6, 6.07) is 7.25. The maximum atomic E-state index is 11.9. The van der Waals surface area contributed by atoms with Crippen LogP contribution in [0.3, 0.4) is 0 Å². The van der Waals surface area contributed by atoms with E-state index in [-0.39, 0.29) is 11.8 Å². The third kappa shape index (κ3) is 5.74. The molecule has 0 heterocycles. The minimum absolute atomic E-state index is 0.167. The average molecular weight is 294 g/mol. The molecule has 0 aliphatic carbocycles. The summed E-state index contributed by atoms with van der Waals surface area (Å²) < 4.78 is 26.4. The van der Waals surface area contributed by atoms with E-state index in [0.29, 0.717) is 13.0 Å². The van der Waals surface area contributed by atoms with E-state index in [2.05, 4.69) is 16.6 Å². The smallest absolute Gasteiger partial charge is 0.212 e. The monoisotopic (exact) mass is 294 g/mol. The molecule has 1 rings (SSSR count). The van der Waals surface area contributed by atoms with Gasteiger partial charge in [-0.15, -0.1) is 0 Å². The Kier molecular flexibility index (Phi) is 6.73. The summed E-state index contributed by atoms with van der Waals surface area (Å²) in [4.78, 5) is 0. The Bertz CT molecular complexity index is 585. The second-order valence-electron chi connectivity index (χ2n) is 4.64. The van der Waals surface area contributed by atoms with Gasteiger partial charge in [0.15, 0.2) is 0 Å². The van der Waals surface area contributed by atoms with Gasteiger partial charge in [0, 0.05) is 11.6 Å². The summed E-state index contributed by atoms with van der Waals surface area (Å²) >= 11 is 0. The molecule has 0 aromatic heterocycles. The van der Waals surface area contributed by atoms with Crippen molar-refractivity contribution < 1.29 is 8.42 Å². The lowest BCUT2D eigenvalue weighted by Crippen LogP contribution is -2.29. The minimum atomic E-state index is -3.23. The highest BCUT2D eigenvalue weighted by molar-refractivity contribution is 7.89. The van der Waals surface area contributed by atoms with Gasteiger partial charge in [0.2, 0.25) is 10.0 Å². The standard InChI is InChI=1S/C15H22N2O2S/c1-3-4-11-20(18,19)17-13(2)15-9-5-7-14(12-15)8-6-10-16/h5,7,9,12-13,17H,3-4,10-11,16H2,1-2H3. The third-order valence-corrected chi connectivity index (χ3v) is 4.38. The molecule has 0 amide bonds. The SMILES string of the molecule is CCCCS(=O)(=O)NC(C)c1cccc(C#CCN)c1. The van der Waals surface area contributed by atoms with Crippen molar-refractivity contribution in [2.75, 3.05) is 12.3 Å². The zero-order chi connectivity index (χ0) is 15.0. The van der Waals surface area contributed by atoms with Crippen LogP contribution >= 0.6 is 0 Å². The zero-order valence-electron chi connectivity index (χ0n) is 12.0. The first kappa shape index (κ1) is 16.7. The Morgan fingerprint density at radius 2 is 2.15 bits per heavy atom. The highest BCUT2D eigenvalue weighted by Gasteiger charge is 2.15. The van der Waals surface area contributed by atoms with Gasteiger partial charge in [-0.3, -0.25) is 0 Å². The molecule has 4 nitrogen and oxygen atoms in total. The van der Waals surface area contributed by atoms with E-state index >= 15 is 0 Å². The molecule has 0 spiro atoms. The van der Waals surface area contributed by atoms with Crippen molar-refractivity contribution in [3.63, 3.8) is 0 Å². The van der Waals surface area contributed by atoms with Crippen LogP contribution in [-0.2, 0) is 10.0 Å². The molecule has 0 radical (unpaired) electrons. The fourth-order valence-corrected chi connectivity index (χ4v) is 3.23. The van der Waals surface area contributed by atoms with Crippen LogP contribution < -0.4 is 10.5 Å². The molecule has 0 saturated heterocycles. The molecule has 110 valence electrons. The number of hydrogen-bond donors (Lipinski definition) is 2. The third-order valence-electron chi connectivity index (χ3n) is 2.84. The Hall–Kier alpha value is -1.35. The van der Waals surface area contributed by atoms with Gasteiger partial charge in [-0.05, 0) is 31.0 Å². The van der Waals surface area contributed by atoms with E-state index in [9.17, 15) is 8.42 Å². The lowest BCUT2D eigenvalue weighted by Gasteiger charge is -2.14. The van der Waals surface area contributed by atoms with E-state index in [1.54, 1.807) is 0 Å². The Morgan fingerprint density at radius 1 is 1.40 bits per heavy atom. The number of rotatable bonds is 6. The van der Waals surface area contributed by atoms with Crippen molar-refractivity contribution in [3.05, 3.63) is 35.4 Å². The van der Waals surface area contributed by atoms with Gasteiger partial charge in [0.05, 0.1) is 12.3 Å². The molecule has 0 bridgehead atoms. The average Bonchev–Trinajstić information content (AvgIpc) is 2.43. The maximum absolute atomic E-state index is 11.9. The van der Waals surface area contributed by atoms with E-state index < -0.39 is 10.0 Å². The molecule has 0 fully saturated rings. The lowest BCUT2D eigenvalue weighted by atomic mass is 10.1. The van der Waals surface area contributed by atoms with Gasteiger partial charge in [0.1, 0.15) is 0 Å². The number of nitrogens with two attached hydrogens (primary N) is 1. The van der Waals surface area contributed by atoms with Crippen LogP contribution in [0, 0.1) is 11.8 Å². The first-order chi connectivity index (χ1) is 9.48. The molecule has 0 aliphatic heterocycles. The fourth-order valence-electron chi connectivity index (χ4n) is 1.77. The molecule has 1 atom stereocenters. The zero-order valence-corrected chi connectivity index (χ0v) is 12.8. The van der Waals surface area contributed by atoms with Crippen molar-refractivity contribution in [3.8, 4) is 11.8 Å². The highest BCUT2D eigenvalue weighted by atomic mass is 32.2. The number of unbranched alkanes of at least 4 members (excludes halogenated alkanes) is 1. The number of benzene rings is 1. The van der Waals surface area contributed by atoms with Gasteiger partial charge in [0.25, 0.3) is 0 Å². The predicted octanol–water partition coefficient (Wildman–Crippen LogP) is 1.78. The summed E-state index contributed by atoms with van der Waals surface area (Å²) in [7, 11) is -3.23. The van der Waals surface area contributed by atoms with Crippen molar-refractivity contribution in [1.82, 2.24) is 4.72 Å². The molecule has 1 unspecified atom stereocenters. The van der Waals surface area contributed by atoms with E-state index in [1.807, 2.05) is 38.1 Å². The van der Waals surface area contributed by atoms with Crippen molar-refractivity contribution >= 4 is 10.0 Å². The van der Waals surface area contributed by atoms with Crippen molar-refractivity contribution in [1.29, 1.82) is 0 Å². The second-order valence-corrected chi connectivity index (χ2v) is 6.52. The van der Waals surface area contributed by atoms with Gasteiger partial charge in [-0.1, -0.05) is 37.3 Å². The quantitative estimate of drug-likeness (QED) is 0.786. The number of sulfonamides is 1. The largest absolute Gasteiger partial charge is 0.320 e. The highest BCUT2D eigenvalue weighted by Crippen LogP contribution is 2.15. The molecule has 0 saturated carbocycles. The van der Waals surface area contributed by atoms with Crippen LogP contribution in [0.25, 0.3) is 0 Å². The summed E-state index contributed by atoms with van der Waals surface area (Å²) in [6.07, 6.45) is 1.53. The second kappa shape index (κ2) is 8.05. The minimum Gasteiger partial charge on any atom is -0.320 e. The first-order valence-electron chi connectivity index (χ1n) is 6.77. The fraction of sp³-hybridized carbons (Fsp3) is 0.467. The Labute approximate surface area is 121 Å². The molecule has 1 aromatic carbocycles. The van der Waals surface area contributed by atoms with E-state index in [4.69, 9.17) is 5.73 Å². The molecule has 5 heteroatoms. The van der Waals surface area contributed by atoms with Gasteiger partial charge < -0.3 is 5.73 Å². The van der Waals surface area contributed by atoms with Crippen LogP contribution in [0.5, 0.6) is 0 Å². The summed E-state index contributed by atoms with van der Waals surface area (Å²) in [6.45, 7) is 4.11. The predicted molar refractivity (Wildman–Crippen MR) is 82.6 cm³/mol. The summed E-state index contributed by atoms with van der Waals surface area (Å²) in [5, 5.41) is 0. The molecule has 1 aromatic rings. The van der Waals surface area contributed by atoms with Crippen molar-refractivity contribution in [2.45, 2.75) is 32.7 Å². The van der Waals surface area contributed by atoms with Gasteiger partial charge in [-0.2, -0.15) is 0 Å². The first-order valence-corrected chi connectivity index (χ1v) is 8.42. The van der Waals surface area contributed by atoms with Crippen molar-refractivity contribution in [2.24, 2.45) is 5.73 Å². The summed E-state index contributed by atoms with van der Waals surface area (Å²) in [5.41, 5.74) is 7.08. The van der Waals surface area contributed by atoms with Gasteiger partial charge in [-0.25, -0.2) is 13.1 Å². The van der Waals surface area contributed by atoms with Crippen LogP contribution in [0.4, 0.5) is 0 Å². The topological polar surface area (TPSA) is 72.2 Å². The van der Waals surface area contributed by atoms with E-state index in [0.717, 1.165) is 17.5 Å². The molecule has 20 heavy (non-hydrogen) atoms. The Morgan fingerprint density at radius 3 is 2.80 bits per heavy atom. The van der Waals surface area contributed by atoms with Crippen LogP contribution in [0.15, 0.2) is 24.3 Å². The maximum Gasteiger partial charge on any atom is 0.212 e. The van der Waals surface area contributed by atoms with Crippen LogP contribution in [-0.4, -0.2) is 20.7 Å². The van der Waals surface area contributed by atoms with E-state index in [1.165, 1.54) is 0 Å².